The van der Waals surface area contributed by atoms with Gasteiger partial charge in [-0.1, -0.05) is 6.92 Å². The van der Waals surface area contributed by atoms with E-state index < -0.39 is 0 Å². The van der Waals surface area contributed by atoms with Crippen LogP contribution < -0.4 is 20.1 Å². The molecule has 142 valence electrons. The predicted octanol–water partition coefficient (Wildman–Crippen LogP) is 3.73. The second kappa shape index (κ2) is 10.7. The first-order valence-electron chi connectivity index (χ1n) is 8.99. The molecule has 0 saturated heterocycles. The van der Waals surface area contributed by atoms with Crippen LogP contribution in [0.2, 0.25) is 0 Å². The summed E-state index contributed by atoms with van der Waals surface area (Å²) < 4.78 is 11.0. The minimum absolute atomic E-state index is 0.601. The quantitative estimate of drug-likeness (QED) is 0.515. The van der Waals surface area contributed by atoms with Crippen LogP contribution in [0.1, 0.15) is 31.5 Å². The van der Waals surface area contributed by atoms with Crippen molar-refractivity contribution in [3.8, 4) is 11.5 Å². The van der Waals surface area contributed by atoms with E-state index >= 15 is 0 Å². The van der Waals surface area contributed by atoms with Gasteiger partial charge in [-0.25, -0.2) is 4.98 Å². The minimum Gasteiger partial charge on any atom is -0.493 e. The SMILES string of the molecule is CCNC(=NCCc1csc(CC)n1)Nc1ccc(OCC)c(OC)c1. The molecule has 26 heavy (non-hydrogen) atoms. The molecule has 1 aromatic heterocycles. The second-order valence-electron chi connectivity index (χ2n) is 5.52. The lowest BCUT2D eigenvalue weighted by Crippen LogP contribution is -2.30. The van der Waals surface area contributed by atoms with Gasteiger partial charge < -0.3 is 20.1 Å². The Labute approximate surface area is 159 Å². The van der Waals surface area contributed by atoms with Crippen LogP contribution in [0.3, 0.4) is 0 Å². The van der Waals surface area contributed by atoms with E-state index in [0.717, 1.165) is 42.5 Å². The van der Waals surface area contributed by atoms with E-state index in [2.05, 4.69) is 32.9 Å². The first kappa shape index (κ1) is 20.0. The molecule has 0 bridgehead atoms. The molecular formula is C19H28N4O2S. The topological polar surface area (TPSA) is 67.8 Å². The van der Waals surface area contributed by atoms with Crippen molar-refractivity contribution in [1.29, 1.82) is 0 Å². The molecule has 0 aliphatic heterocycles. The molecule has 0 aliphatic carbocycles. The smallest absolute Gasteiger partial charge is 0.195 e. The summed E-state index contributed by atoms with van der Waals surface area (Å²) in [5.74, 6) is 2.17. The first-order valence-corrected chi connectivity index (χ1v) is 9.87. The van der Waals surface area contributed by atoms with Gasteiger partial charge in [0.1, 0.15) is 0 Å². The van der Waals surface area contributed by atoms with Gasteiger partial charge >= 0.3 is 0 Å². The number of anilines is 1. The molecule has 0 amide bonds. The van der Waals surface area contributed by atoms with Gasteiger partial charge in [-0.3, -0.25) is 4.99 Å². The number of methoxy groups -OCH3 is 1. The molecule has 1 heterocycles. The fraction of sp³-hybridized carbons (Fsp3) is 0.474. The van der Waals surface area contributed by atoms with Crippen molar-refractivity contribution >= 4 is 23.0 Å². The Morgan fingerprint density at radius 3 is 2.73 bits per heavy atom. The highest BCUT2D eigenvalue weighted by Gasteiger charge is 2.07. The molecule has 0 radical (unpaired) electrons. The normalized spacial score (nSPS) is 11.3. The van der Waals surface area contributed by atoms with Crippen LogP contribution in [-0.4, -0.2) is 37.7 Å². The van der Waals surface area contributed by atoms with E-state index in [4.69, 9.17) is 9.47 Å². The maximum atomic E-state index is 5.56. The van der Waals surface area contributed by atoms with Crippen molar-refractivity contribution in [1.82, 2.24) is 10.3 Å². The molecular weight excluding hydrogens is 348 g/mol. The fourth-order valence-corrected chi connectivity index (χ4v) is 3.15. The van der Waals surface area contributed by atoms with Crippen LogP contribution in [0.5, 0.6) is 11.5 Å². The molecule has 0 saturated carbocycles. The van der Waals surface area contributed by atoms with Gasteiger partial charge in [0.15, 0.2) is 17.5 Å². The first-order chi connectivity index (χ1) is 12.7. The highest BCUT2D eigenvalue weighted by atomic mass is 32.1. The molecule has 2 aromatic rings. The van der Waals surface area contributed by atoms with Crippen molar-refractivity contribution in [3.63, 3.8) is 0 Å². The molecule has 2 N–H and O–H groups in total. The number of hydrogen-bond acceptors (Lipinski definition) is 5. The minimum atomic E-state index is 0.601. The lowest BCUT2D eigenvalue weighted by molar-refractivity contribution is 0.311. The van der Waals surface area contributed by atoms with Crippen LogP contribution >= 0.6 is 11.3 Å². The average Bonchev–Trinajstić information content (AvgIpc) is 3.11. The van der Waals surface area contributed by atoms with Crippen LogP contribution in [0.15, 0.2) is 28.6 Å². The van der Waals surface area contributed by atoms with Gasteiger partial charge in [-0.05, 0) is 32.4 Å². The molecule has 1 aromatic carbocycles. The Kier molecular flexibility index (Phi) is 8.21. The standard InChI is InChI=1S/C19H28N4O2S/c1-5-18-22-15(13-26-18)10-11-21-19(20-6-2)23-14-8-9-16(25-7-3)17(12-14)24-4/h8-9,12-13H,5-7,10-11H2,1-4H3,(H2,20,21,23). The number of aliphatic imine (C=N–C) groups is 1. The molecule has 0 unspecified atom stereocenters. The summed E-state index contributed by atoms with van der Waals surface area (Å²) in [7, 11) is 1.64. The van der Waals surface area contributed by atoms with Gasteiger partial charge in [-0.15, -0.1) is 11.3 Å². The summed E-state index contributed by atoms with van der Waals surface area (Å²) in [4.78, 5) is 9.22. The molecule has 0 spiro atoms. The Bertz CT molecular complexity index is 715. The molecule has 0 atom stereocenters. The van der Waals surface area contributed by atoms with Gasteiger partial charge in [0.2, 0.25) is 0 Å². The van der Waals surface area contributed by atoms with Gasteiger partial charge in [-0.2, -0.15) is 0 Å². The van der Waals surface area contributed by atoms with E-state index in [1.54, 1.807) is 18.4 Å². The Morgan fingerprint density at radius 1 is 1.23 bits per heavy atom. The lowest BCUT2D eigenvalue weighted by atomic mass is 10.2. The predicted molar refractivity (Wildman–Crippen MR) is 109 cm³/mol. The Hall–Kier alpha value is -2.28. The van der Waals surface area contributed by atoms with Crippen LogP contribution in [-0.2, 0) is 12.8 Å². The van der Waals surface area contributed by atoms with Crippen LogP contribution in [0.25, 0.3) is 0 Å². The van der Waals surface area contributed by atoms with E-state index in [1.165, 1.54) is 5.01 Å². The highest BCUT2D eigenvalue weighted by Crippen LogP contribution is 2.30. The molecule has 0 aliphatic rings. The number of nitrogens with zero attached hydrogens (tertiary/aromatic N) is 2. The summed E-state index contributed by atoms with van der Waals surface area (Å²) in [5, 5.41) is 9.87. The maximum absolute atomic E-state index is 5.56. The summed E-state index contributed by atoms with van der Waals surface area (Å²) in [6, 6.07) is 5.76. The largest absolute Gasteiger partial charge is 0.493 e. The summed E-state index contributed by atoms with van der Waals surface area (Å²) >= 11 is 1.71. The monoisotopic (exact) mass is 376 g/mol. The molecule has 7 heteroatoms. The zero-order chi connectivity index (χ0) is 18.8. The number of aromatic nitrogens is 1. The molecule has 0 fully saturated rings. The third-order valence-corrected chi connectivity index (χ3v) is 4.65. The zero-order valence-corrected chi connectivity index (χ0v) is 16.8. The van der Waals surface area contributed by atoms with Crippen molar-refractivity contribution in [2.24, 2.45) is 4.99 Å². The number of hydrogen-bond donors (Lipinski definition) is 2. The van der Waals surface area contributed by atoms with E-state index in [0.29, 0.717) is 18.9 Å². The highest BCUT2D eigenvalue weighted by molar-refractivity contribution is 7.09. The van der Waals surface area contributed by atoms with E-state index in [-0.39, 0.29) is 0 Å². The number of aryl methyl sites for hydroxylation is 1. The number of nitrogens with one attached hydrogen (secondary N) is 2. The average molecular weight is 377 g/mol. The zero-order valence-electron chi connectivity index (χ0n) is 16.0. The summed E-state index contributed by atoms with van der Waals surface area (Å²) in [5.41, 5.74) is 2.00. The fourth-order valence-electron chi connectivity index (χ4n) is 2.37. The van der Waals surface area contributed by atoms with Crippen molar-refractivity contribution in [2.75, 3.05) is 32.1 Å². The molecule has 6 nitrogen and oxygen atoms in total. The third kappa shape index (κ3) is 5.91. The summed E-state index contributed by atoms with van der Waals surface area (Å²) in [6.07, 6.45) is 1.82. The van der Waals surface area contributed by atoms with Gasteiger partial charge in [0.05, 0.1) is 24.4 Å². The number of benzene rings is 1. The number of rotatable bonds is 9. The Morgan fingerprint density at radius 2 is 2.08 bits per heavy atom. The molecule has 2 rings (SSSR count). The maximum Gasteiger partial charge on any atom is 0.195 e. The third-order valence-electron chi connectivity index (χ3n) is 3.61. The van der Waals surface area contributed by atoms with Crippen LogP contribution in [0, 0.1) is 0 Å². The Balaban J connectivity index is 2.02. The van der Waals surface area contributed by atoms with E-state index in [1.807, 2.05) is 32.0 Å². The van der Waals surface area contributed by atoms with Crippen molar-refractivity contribution in [2.45, 2.75) is 33.6 Å². The van der Waals surface area contributed by atoms with Crippen molar-refractivity contribution < 1.29 is 9.47 Å². The second-order valence-corrected chi connectivity index (χ2v) is 6.46. The number of ether oxygens (including phenoxy) is 2. The summed E-state index contributed by atoms with van der Waals surface area (Å²) in [6.45, 7) is 8.19. The number of guanidine groups is 1. The van der Waals surface area contributed by atoms with Crippen LogP contribution in [0.4, 0.5) is 5.69 Å². The van der Waals surface area contributed by atoms with Crippen molar-refractivity contribution in [3.05, 3.63) is 34.3 Å². The lowest BCUT2D eigenvalue weighted by Gasteiger charge is -2.14. The number of thiazole rings is 1. The van der Waals surface area contributed by atoms with Gasteiger partial charge in [0, 0.05) is 36.6 Å². The van der Waals surface area contributed by atoms with E-state index in [9.17, 15) is 0 Å². The van der Waals surface area contributed by atoms with Gasteiger partial charge in [0.25, 0.3) is 0 Å².